The minimum Gasteiger partial charge on any atom is -0.452 e. The number of aromatic nitrogens is 2. The fraction of sp³-hybridized carbons (Fsp3) is 0.359. The molecule has 0 bridgehead atoms. The van der Waals surface area contributed by atoms with Gasteiger partial charge in [-0.15, -0.1) is 0 Å². The summed E-state index contributed by atoms with van der Waals surface area (Å²) in [5, 5.41) is 0. The van der Waals surface area contributed by atoms with Gasteiger partial charge in [-0.05, 0) is 57.2 Å². The van der Waals surface area contributed by atoms with Crippen molar-refractivity contribution in [3.05, 3.63) is 141 Å². The topological polar surface area (TPSA) is 220 Å². The Morgan fingerprint density at radius 1 is 0.633 bits per heavy atom. The van der Waals surface area contributed by atoms with E-state index in [1.807, 2.05) is 0 Å². The number of carbonyl (C=O) groups excluding carboxylic acids is 3. The van der Waals surface area contributed by atoms with Crippen LogP contribution in [0.1, 0.15) is 58.1 Å². The predicted molar refractivity (Wildman–Crippen MR) is 217 cm³/mol. The van der Waals surface area contributed by atoms with Gasteiger partial charge in [-0.3, -0.25) is 27.9 Å². The molecule has 1 fully saturated rings. The van der Waals surface area contributed by atoms with Crippen LogP contribution in [0.25, 0.3) is 0 Å². The fourth-order valence-corrected chi connectivity index (χ4v) is 15.5. The van der Waals surface area contributed by atoms with Crippen molar-refractivity contribution >= 4 is 40.4 Å². The van der Waals surface area contributed by atoms with E-state index in [-0.39, 0.29) is 36.5 Å². The predicted octanol–water partition coefficient (Wildman–Crippen LogP) is 6.40. The van der Waals surface area contributed by atoms with Crippen LogP contribution in [0.2, 0.25) is 0 Å². The Hall–Kier alpha value is -4.60. The molecule has 2 heterocycles. The van der Waals surface area contributed by atoms with Crippen molar-refractivity contribution in [1.29, 1.82) is 0 Å². The number of esters is 2. The lowest BCUT2D eigenvalue weighted by molar-refractivity contribution is -0.0591. The van der Waals surface area contributed by atoms with Crippen LogP contribution in [0.3, 0.4) is 0 Å². The van der Waals surface area contributed by atoms with E-state index in [2.05, 4.69) is 0 Å². The first kappa shape index (κ1) is 46.5. The first-order valence-corrected chi connectivity index (χ1v) is 24.2. The molecular formula is C39H45N2O16P3. The van der Waals surface area contributed by atoms with Crippen molar-refractivity contribution in [1.82, 2.24) is 9.13 Å². The highest BCUT2D eigenvalue weighted by Gasteiger charge is 2.53. The van der Waals surface area contributed by atoms with Crippen LogP contribution in [-0.4, -0.2) is 90.6 Å². The Bertz CT molecular complexity index is 2370. The number of nitrogens with zero attached hydrogens (tertiary/aromatic N) is 2. The molecule has 4 aromatic rings. The van der Waals surface area contributed by atoms with E-state index in [0.29, 0.717) is 4.57 Å². The molecule has 0 saturated carbocycles. The first-order chi connectivity index (χ1) is 28.7. The highest BCUT2D eigenvalue weighted by Crippen LogP contribution is 2.70. The van der Waals surface area contributed by atoms with E-state index in [1.165, 1.54) is 55.5 Å². The smallest absolute Gasteiger partial charge is 0.340 e. The molecule has 0 N–H and O–H groups in total. The van der Waals surface area contributed by atoms with Gasteiger partial charge in [0.2, 0.25) is 7.37 Å². The largest absolute Gasteiger partial charge is 0.452 e. The monoisotopic (exact) mass is 890 g/mol. The lowest BCUT2D eigenvalue weighted by atomic mass is 10.1. The number of rotatable bonds is 20. The molecule has 0 amide bonds. The van der Waals surface area contributed by atoms with Crippen molar-refractivity contribution in [3.63, 3.8) is 0 Å². The molecule has 0 radical (unpaired) electrons. The molecule has 0 aliphatic carbocycles. The maximum atomic E-state index is 14.3. The van der Waals surface area contributed by atoms with Gasteiger partial charge in [-0.25, -0.2) is 14.4 Å². The highest BCUT2D eigenvalue weighted by atomic mass is 31.3. The summed E-state index contributed by atoms with van der Waals surface area (Å²) in [5.74, 6) is -4.50. The summed E-state index contributed by atoms with van der Waals surface area (Å²) in [7, 11) is -11.7. The molecule has 18 nitrogen and oxygen atoms in total. The Balaban J connectivity index is 1.57. The summed E-state index contributed by atoms with van der Waals surface area (Å²) in [6.45, 7) is 3.60. The number of ether oxygens (including phenoxy) is 3. The summed E-state index contributed by atoms with van der Waals surface area (Å²) >= 11 is 0. The molecule has 322 valence electrons. The minimum atomic E-state index is -4.51. The van der Waals surface area contributed by atoms with Crippen molar-refractivity contribution in [2.24, 2.45) is 0 Å². The van der Waals surface area contributed by atoms with E-state index in [1.54, 1.807) is 56.3 Å². The maximum absolute atomic E-state index is 14.3. The van der Waals surface area contributed by atoms with Gasteiger partial charge in [0.05, 0.1) is 37.6 Å². The molecule has 3 aromatic carbocycles. The Labute approximate surface area is 345 Å². The second-order valence-electron chi connectivity index (χ2n) is 12.9. The molecule has 1 aliphatic heterocycles. The van der Waals surface area contributed by atoms with E-state index < -0.39 is 94.6 Å². The van der Waals surface area contributed by atoms with Gasteiger partial charge in [-0.2, -0.15) is 4.57 Å². The summed E-state index contributed by atoms with van der Waals surface area (Å²) in [6, 6.07) is 23.9. The second kappa shape index (κ2) is 20.8. The van der Waals surface area contributed by atoms with Gasteiger partial charge in [0.1, 0.15) is 17.9 Å². The van der Waals surface area contributed by atoms with Gasteiger partial charge in [-0.1, -0.05) is 54.6 Å². The summed E-state index contributed by atoms with van der Waals surface area (Å²) in [5.41, 5.74) is -2.04. The SMILES string of the molecule is CCOP(=O)(CP(=O)(OC)OC[C@H]1O[C@@H](n2ccc(=O)n(C(=O)c3ccccc3)c2=O)[C@H](OC(=O)c2ccccc2)[C@@H]1OC(=O)c1ccccc1)CP(=O)(OCC)OCC. The molecule has 5 rings (SSSR count). The number of benzene rings is 3. The van der Waals surface area contributed by atoms with Crippen molar-refractivity contribution in [3.8, 4) is 0 Å². The van der Waals surface area contributed by atoms with Crippen LogP contribution in [0, 0.1) is 0 Å². The lowest BCUT2D eigenvalue weighted by Crippen LogP contribution is -2.47. The van der Waals surface area contributed by atoms with Gasteiger partial charge in [0.25, 0.3) is 11.5 Å². The van der Waals surface area contributed by atoms with Crippen LogP contribution < -0.4 is 11.2 Å². The Morgan fingerprint density at radius 3 is 1.62 bits per heavy atom. The Morgan fingerprint density at radius 2 is 1.12 bits per heavy atom. The quantitative estimate of drug-likeness (QED) is 0.0692. The zero-order valence-electron chi connectivity index (χ0n) is 33.1. The molecule has 2 unspecified atom stereocenters. The second-order valence-corrected chi connectivity index (χ2v) is 20.7. The fourth-order valence-electron chi connectivity index (χ4n) is 6.19. The lowest BCUT2D eigenvalue weighted by Gasteiger charge is -2.27. The van der Waals surface area contributed by atoms with E-state index in [4.69, 9.17) is 36.8 Å². The van der Waals surface area contributed by atoms with E-state index in [0.717, 1.165) is 23.9 Å². The van der Waals surface area contributed by atoms with Crippen LogP contribution in [0.15, 0.2) is 113 Å². The van der Waals surface area contributed by atoms with Crippen molar-refractivity contribution in [2.75, 3.05) is 45.3 Å². The van der Waals surface area contributed by atoms with Gasteiger partial charge in [0.15, 0.2) is 18.4 Å². The number of hydrogen-bond acceptors (Lipinski definition) is 16. The third kappa shape index (κ3) is 11.4. The molecule has 60 heavy (non-hydrogen) atoms. The summed E-state index contributed by atoms with van der Waals surface area (Å²) < 4.78 is 88.4. The molecule has 21 heteroatoms. The average Bonchev–Trinajstić information content (AvgIpc) is 3.56. The highest BCUT2D eigenvalue weighted by molar-refractivity contribution is 7.80. The van der Waals surface area contributed by atoms with Crippen molar-refractivity contribution < 1.29 is 64.9 Å². The normalized spacial score (nSPS) is 19.8. The Kier molecular flexibility index (Phi) is 16.1. The minimum absolute atomic E-state index is 0.00770. The molecule has 1 aromatic heterocycles. The average molecular weight is 891 g/mol. The first-order valence-electron chi connectivity index (χ1n) is 18.7. The number of carbonyl (C=O) groups is 3. The number of hydrogen-bond donors (Lipinski definition) is 0. The zero-order chi connectivity index (χ0) is 43.5. The summed E-state index contributed by atoms with van der Waals surface area (Å²) in [6.07, 6.45) is -5.59. The zero-order valence-corrected chi connectivity index (χ0v) is 35.8. The standard InChI is InChI=1S/C39H45N2O16P3/c1-5-51-58(47,27-60(49,52-6-2)53-7-3)26-59(48,50-4)54-25-31-33(56-37(44)29-19-13-9-14-20-29)34(57-38(45)30-21-15-10-16-22-30)36(55-31)40-24-23-32(42)41(39(40)46)35(43)28-17-11-8-12-18-28/h8-24,31,33-34,36H,5-7,25-27H2,1-4H3/t31-,33-,34-,36-,58?,59?/m1/s1. The maximum Gasteiger partial charge on any atom is 0.340 e. The van der Waals surface area contributed by atoms with Crippen LogP contribution in [0.4, 0.5) is 0 Å². The van der Waals surface area contributed by atoms with E-state index >= 15 is 0 Å². The van der Waals surface area contributed by atoms with Gasteiger partial charge >= 0.3 is 32.8 Å². The molecule has 1 saturated heterocycles. The molecule has 6 atom stereocenters. The molecule has 0 spiro atoms. The van der Waals surface area contributed by atoms with Crippen LogP contribution in [0.5, 0.6) is 0 Å². The van der Waals surface area contributed by atoms with Crippen molar-refractivity contribution in [2.45, 2.75) is 45.3 Å². The third-order valence-electron chi connectivity index (χ3n) is 8.81. The van der Waals surface area contributed by atoms with Crippen LogP contribution >= 0.6 is 22.6 Å². The van der Waals surface area contributed by atoms with E-state index in [9.17, 15) is 37.7 Å². The molecular weight excluding hydrogens is 845 g/mol. The van der Waals surface area contributed by atoms with Gasteiger partial charge in [0, 0.05) is 24.9 Å². The van der Waals surface area contributed by atoms with Gasteiger partial charge < -0.3 is 36.8 Å². The molecule has 1 aliphatic rings. The summed E-state index contributed by atoms with van der Waals surface area (Å²) in [4.78, 5) is 68.0. The van der Waals surface area contributed by atoms with Crippen LogP contribution in [-0.2, 0) is 50.5 Å². The third-order valence-corrected chi connectivity index (χ3v) is 18.2.